The minimum absolute atomic E-state index is 0.0326. The summed E-state index contributed by atoms with van der Waals surface area (Å²) in [7, 11) is 0. The summed E-state index contributed by atoms with van der Waals surface area (Å²) < 4.78 is 0. The maximum Gasteiger partial charge on any atom is 0.255 e. The summed E-state index contributed by atoms with van der Waals surface area (Å²) in [6.45, 7) is 5.00. The molecule has 2 aromatic rings. The van der Waals surface area contributed by atoms with E-state index in [0.29, 0.717) is 17.2 Å². The largest absolute Gasteiger partial charge is 0.336 e. The van der Waals surface area contributed by atoms with Crippen LogP contribution in [0.1, 0.15) is 65.8 Å². The lowest BCUT2D eigenvalue weighted by Crippen LogP contribution is -2.43. The van der Waals surface area contributed by atoms with Crippen LogP contribution in [0.15, 0.2) is 48.5 Å². The van der Waals surface area contributed by atoms with Crippen LogP contribution in [0, 0.1) is 0 Å². The van der Waals surface area contributed by atoms with Gasteiger partial charge >= 0.3 is 0 Å². The number of piperidine rings is 1. The van der Waals surface area contributed by atoms with Crippen LogP contribution in [-0.4, -0.2) is 29.3 Å². The Bertz CT molecular complexity index is 816. The van der Waals surface area contributed by atoms with Crippen molar-refractivity contribution in [3.63, 3.8) is 0 Å². The highest BCUT2D eigenvalue weighted by atomic mass is 16.2. The molecular formula is C23H28N2O2. The Kier molecular flexibility index (Phi) is 6.28. The third-order valence-electron chi connectivity index (χ3n) is 5.38. The highest BCUT2D eigenvalue weighted by molar-refractivity contribution is 6.06. The number of carbonyl (C=O) groups excluding carboxylic acids is 2. The zero-order chi connectivity index (χ0) is 19.2. The third-order valence-corrected chi connectivity index (χ3v) is 5.38. The van der Waals surface area contributed by atoms with E-state index in [1.807, 2.05) is 29.2 Å². The first-order valence-corrected chi connectivity index (χ1v) is 9.94. The predicted octanol–water partition coefficient (Wildman–Crippen LogP) is 4.91. The number of para-hydroxylation sites is 1. The molecule has 1 aliphatic rings. The Hall–Kier alpha value is -2.62. The lowest BCUT2D eigenvalue weighted by Gasteiger charge is -2.35. The molecular weight excluding hydrogens is 336 g/mol. The Morgan fingerprint density at radius 1 is 1.04 bits per heavy atom. The lowest BCUT2D eigenvalue weighted by molar-refractivity contribution is 0.0608. The maximum absolute atomic E-state index is 13.0. The lowest BCUT2D eigenvalue weighted by atomic mass is 9.98. The zero-order valence-corrected chi connectivity index (χ0v) is 16.2. The van der Waals surface area contributed by atoms with Crippen LogP contribution in [0.5, 0.6) is 0 Å². The number of rotatable bonds is 5. The van der Waals surface area contributed by atoms with E-state index in [9.17, 15) is 9.59 Å². The van der Waals surface area contributed by atoms with E-state index in [2.05, 4.69) is 19.2 Å². The fraction of sp³-hybridized carbons (Fsp3) is 0.391. The number of anilines is 1. The Balaban J connectivity index is 1.78. The molecule has 0 aliphatic carbocycles. The van der Waals surface area contributed by atoms with Gasteiger partial charge < -0.3 is 10.2 Å². The van der Waals surface area contributed by atoms with E-state index < -0.39 is 0 Å². The Morgan fingerprint density at radius 3 is 2.59 bits per heavy atom. The van der Waals surface area contributed by atoms with Crippen molar-refractivity contribution >= 4 is 17.5 Å². The normalized spacial score (nSPS) is 16.8. The molecule has 1 heterocycles. The average molecular weight is 364 g/mol. The second-order valence-corrected chi connectivity index (χ2v) is 7.10. The molecule has 0 aromatic heterocycles. The van der Waals surface area contributed by atoms with Crippen LogP contribution in [0.2, 0.25) is 0 Å². The second kappa shape index (κ2) is 8.85. The van der Waals surface area contributed by atoms with Gasteiger partial charge in [-0.05, 0) is 61.9 Å². The molecule has 0 saturated carbocycles. The van der Waals surface area contributed by atoms with Gasteiger partial charge in [-0.2, -0.15) is 0 Å². The molecule has 3 rings (SSSR count). The van der Waals surface area contributed by atoms with Crippen LogP contribution in [-0.2, 0) is 6.42 Å². The quantitative estimate of drug-likeness (QED) is 0.820. The first-order valence-electron chi connectivity index (χ1n) is 9.94. The van der Waals surface area contributed by atoms with Crippen LogP contribution in [0.25, 0.3) is 0 Å². The van der Waals surface area contributed by atoms with Gasteiger partial charge in [0.25, 0.3) is 11.8 Å². The van der Waals surface area contributed by atoms with Gasteiger partial charge in [0.2, 0.25) is 0 Å². The molecule has 4 nitrogen and oxygen atoms in total. The van der Waals surface area contributed by atoms with Gasteiger partial charge in [-0.3, -0.25) is 9.59 Å². The van der Waals surface area contributed by atoms with Gasteiger partial charge in [0, 0.05) is 29.4 Å². The van der Waals surface area contributed by atoms with Crippen molar-refractivity contribution in [2.75, 3.05) is 11.9 Å². The monoisotopic (exact) mass is 364 g/mol. The first-order chi connectivity index (χ1) is 13.1. The molecule has 1 aliphatic heterocycles. The van der Waals surface area contributed by atoms with Gasteiger partial charge in [0.05, 0.1) is 0 Å². The summed E-state index contributed by atoms with van der Waals surface area (Å²) in [5.74, 6) is -0.151. The number of hydrogen-bond acceptors (Lipinski definition) is 2. The van der Waals surface area contributed by atoms with E-state index in [1.165, 1.54) is 6.42 Å². The SMILES string of the molecule is CCc1ccccc1NC(=O)c1cccc(C(=O)N2CCCCC2CC)c1. The van der Waals surface area contributed by atoms with Gasteiger partial charge in [0.15, 0.2) is 0 Å². The van der Waals surface area contributed by atoms with Crippen molar-refractivity contribution in [2.45, 2.75) is 52.0 Å². The number of carbonyl (C=O) groups is 2. The summed E-state index contributed by atoms with van der Waals surface area (Å²) in [6.07, 6.45) is 5.12. The number of likely N-dealkylation sites (tertiary alicyclic amines) is 1. The molecule has 142 valence electrons. The summed E-state index contributed by atoms with van der Waals surface area (Å²) in [5.41, 5.74) is 3.02. The molecule has 2 amide bonds. The van der Waals surface area contributed by atoms with Gasteiger partial charge in [-0.1, -0.05) is 38.1 Å². The molecule has 1 N–H and O–H groups in total. The van der Waals surface area contributed by atoms with E-state index in [0.717, 1.165) is 43.5 Å². The van der Waals surface area contributed by atoms with Crippen LogP contribution < -0.4 is 5.32 Å². The van der Waals surface area contributed by atoms with Crippen molar-refractivity contribution in [1.29, 1.82) is 0 Å². The molecule has 1 fully saturated rings. The standard InChI is InChI=1S/C23H28N2O2/c1-3-17-10-5-6-14-21(17)24-22(26)18-11-9-12-19(16-18)23(27)25-15-8-7-13-20(25)4-2/h5-6,9-12,14,16,20H,3-4,7-8,13,15H2,1-2H3,(H,24,26). The van der Waals surface area contributed by atoms with Crippen molar-refractivity contribution in [3.8, 4) is 0 Å². The molecule has 1 atom stereocenters. The third kappa shape index (κ3) is 4.38. The molecule has 1 unspecified atom stereocenters. The number of hydrogen-bond donors (Lipinski definition) is 1. The van der Waals surface area contributed by atoms with Crippen molar-refractivity contribution in [2.24, 2.45) is 0 Å². The average Bonchev–Trinajstić information content (AvgIpc) is 2.73. The topological polar surface area (TPSA) is 49.4 Å². The molecule has 27 heavy (non-hydrogen) atoms. The summed E-state index contributed by atoms with van der Waals surface area (Å²) >= 11 is 0. The van der Waals surface area contributed by atoms with Gasteiger partial charge in [-0.15, -0.1) is 0 Å². The number of nitrogens with zero attached hydrogens (tertiary/aromatic N) is 1. The van der Waals surface area contributed by atoms with Crippen LogP contribution >= 0.6 is 0 Å². The molecule has 0 radical (unpaired) electrons. The molecule has 0 bridgehead atoms. The minimum Gasteiger partial charge on any atom is -0.336 e. The Morgan fingerprint density at radius 2 is 1.81 bits per heavy atom. The smallest absolute Gasteiger partial charge is 0.255 e. The fourth-order valence-electron chi connectivity index (χ4n) is 3.80. The van der Waals surface area contributed by atoms with E-state index in [1.54, 1.807) is 24.3 Å². The van der Waals surface area contributed by atoms with E-state index >= 15 is 0 Å². The number of amides is 2. The molecule has 2 aromatic carbocycles. The van der Waals surface area contributed by atoms with Crippen molar-refractivity contribution < 1.29 is 9.59 Å². The molecule has 4 heteroatoms. The van der Waals surface area contributed by atoms with E-state index in [-0.39, 0.29) is 11.8 Å². The summed E-state index contributed by atoms with van der Waals surface area (Å²) in [5, 5.41) is 2.98. The van der Waals surface area contributed by atoms with Gasteiger partial charge in [-0.25, -0.2) is 0 Å². The second-order valence-electron chi connectivity index (χ2n) is 7.10. The predicted molar refractivity (Wildman–Crippen MR) is 109 cm³/mol. The minimum atomic E-state index is -0.184. The van der Waals surface area contributed by atoms with Crippen molar-refractivity contribution in [1.82, 2.24) is 4.90 Å². The van der Waals surface area contributed by atoms with E-state index in [4.69, 9.17) is 0 Å². The van der Waals surface area contributed by atoms with Gasteiger partial charge in [0.1, 0.15) is 0 Å². The number of nitrogens with one attached hydrogen (secondary N) is 1. The fourth-order valence-corrected chi connectivity index (χ4v) is 3.80. The number of benzene rings is 2. The summed E-state index contributed by atoms with van der Waals surface area (Å²) in [4.78, 5) is 27.7. The van der Waals surface area contributed by atoms with Crippen LogP contribution in [0.4, 0.5) is 5.69 Å². The molecule has 0 spiro atoms. The highest BCUT2D eigenvalue weighted by Gasteiger charge is 2.26. The first kappa shape index (κ1) is 19.2. The van der Waals surface area contributed by atoms with Crippen molar-refractivity contribution in [3.05, 3.63) is 65.2 Å². The highest BCUT2D eigenvalue weighted by Crippen LogP contribution is 2.22. The maximum atomic E-state index is 13.0. The molecule has 1 saturated heterocycles. The van der Waals surface area contributed by atoms with Crippen LogP contribution in [0.3, 0.4) is 0 Å². The number of aryl methyl sites for hydroxylation is 1. The zero-order valence-electron chi connectivity index (χ0n) is 16.2. The Labute approximate surface area is 161 Å². The summed E-state index contributed by atoms with van der Waals surface area (Å²) in [6, 6.07) is 15.2.